The summed E-state index contributed by atoms with van der Waals surface area (Å²) in [5.41, 5.74) is -2.89. The molecule has 3 heterocycles. The number of thioether (sulfide) groups is 1. The number of aliphatic hydroxyl groups is 4. The van der Waals surface area contributed by atoms with Crippen LogP contribution in [-0.2, 0) is 14.3 Å². The van der Waals surface area contributed by atoms with Crippen molar-refractivity contribution in [2.75, 3.05) is 26.9 Å². The van der Waals surface area contributed by atoms with Gasteiger partial charge in [0.1, 0.15) is 40.7 Å². The van der Waals surface area contributed by atoms with E-state index in [9.17, 15) is 38.4 Å². The summed E-state index contributed by atoms with van der Waals surface area (Å²) in [4.78, 5) is 12.7. The normalized spacial score (nSPS) is 28.6. The minimum absolute atomic E-state index is 0.0757. The van der Waals surface area contributed by atoms with E-state index in [1.54, 1.807) is 0 Å². The summed E-state index contributed by atoms with van der Waals surface area (Å²) >= 11 is 0.826. The highest BCUT2D eigenvalue weighted by Crippen LogP contribution is 2.41. The smallest absolute Gasteiger partial charge is 0.235 e. The molecule has 2 saturated heterocycles. The first-order valence-corrected chi connectivity index (χ1v) is 12.4. The molecular weight excluding hydrogens is 521 g/mol. The Morgan fingerprint density at radius 2 is 1.89 bits per heavy atom. The van der Waals surface area contributed by atoms with Crippen LogP contribution in [0.5, 0.6) is 0 Å². The van der Waals surface area contributed by atoms with Gasteiger partial charge in [-0.05, 0) is 12.1 Å². The van der Waals surface area contributed by atoms with E-state index in [2.05, 4.69) is 15.6 Å². The highest BCUT2D eigenvalue weighted by molar-refractivity contribution is 8.01. The van der Waals surface area contributed by atoms with Crippen molar-refractivity contribution in [2.45, 2.75) is 53.5 Å². The quantitative estimate of drug-likeness (QED) is 0.292. The molecule has 0 aliphatic carbocycles. The Balaban J connectivity index is 1.63. The molecule has 2 aromatic rings. The van der Waals surface area contributed by atoms with Crippen LogP contribution in [0.4, 0.5) is 13.2 Å². The number of aliphatic hydroxyl groups excluding tert-OH is 3. The van der Waals surface area contributed by atoms with Gasteiger partial charge >= 0.3 is 0 Å². The molecule has 2 fully saturated rings. The standard InChI is InChI=1S/C22H27F3N4O7S/c1-26-20(33)19(22(34)2-4-35-5-3-22)37-21-18(32)16(17(31)14(9-30)36-21)29-8-13(27-28-29)10-6-11(23)15(25)12(24)7-10/h6-8,14,16-19,21,30-32,34H,2-5,9H2,1H3,(H,26,33)/t14-,16+,17+,18-,19?,21+/m1/s1. The van der Waals surface area contributed by atoms with E-state index in [4.69, 9.17) is 9.47 Å². The fraction of sp³-hybridized carbons (Fsp3) is 0.591. The molecule has 1 amide bonds. The fourth-order valence-electron chi connectivity index (χ4n) is 4.44. The molecular formula is C22H27F3N4O7S. The van der Waals surface area contributed by atoms with E-state index < -0.39 is 70.6 Å². The van der Waals surface area contributed by atoms with E-state index in [1.807, 2.05) is 0 Å². The van der Waals surface area contributed by atoms with Crippen LogP contribution in [-0.4, -0.2) is 103 Å². The van der Waals surface area contributed by atoms with Crippen molar-refractivity contribution in [3.8, 4) is 11.3 Å². The van der Waals surface area contributed by atoms with Crippen LogP contribution >= 0.6 is 11.8 Å². The number of nitrogens with zero attached hydrogens (tertiary/aromatic N) is 3. The fourth-order valence-corrected chi connectivity index (χ4v) is 5.96. The van der Waals surface area contributed by atoms with Crippen LogP contribution in [0.1, 0.15) is 18.9 Å². The SMILES string of the molecule is CNC(=O)C(S[C@@H]1O[C@H](CO)[C@H](O)[C@H](n2cc(-c3cc(F)c(F)c(F)c3)nn2)[C@H]1O)C1(O)CCOCC1. The van der Waals surface area contributed by atoms with Gasteiger partial charge in [-0.3, -0.25) is 4.79 Å². The Morgan fingerprint density at radius 3 is 2.49 bits per heavy atom. The van der Waals surface area contributed by atoms with Gasteiger partial charge in [0.05, 0.1) is 18.4 Å². The predicted octanol–water partition coefficient (Wildman–Crippen LogP) is -0.268. The Labute approximate surface area is 213 Å². The van der Waals surface area contributed by atoms with Gasteiger partial charge in [-0.1, -0.05) is 5.21 Å². The first kappa shape index (κ1) is 27.8. The molecule has 204 valence electrons. The number of halogens is 3. The Kier molecular flexibility index (Phi) is 8.42. The Hall–Kier alpha value is -2.27. The molecule has 37 heavy (non-hydrogen) atoms. The van der Waals surface area contributed by atoms with Crippen LogP contribution in [0.2, 0.25) is 0 Å². The summed E-state index contributed by atoms with van der Waals surface area (Å²) in [6, 6.07) is 0.178. The van der Waals surface area contributed by atoms with Crippen LogP contribution < -0.4 is 5.32 Å². The van der Waals surface area contributed by atoms with E-state index >= 15 is 0 Å². The maximum atomic E-state index is 13.7. The van der Waals surface area contributed by atoms with Crippen molar-refractivity contribution in [2.24, 2.45) is 0 Å². The van der Waals surface area contributed by atoms with Gasteiger partial charge in [0.15, 0.2) is 17.5 Å². The van der Waals surface area contributed by atoms with Gasteiger partial charge in [-0.15, -0.1) is 16.9 Å². The molecule has 2 aliphatic heterocycles. The van der Waals surface area contributed by atoms with E-state index in [-0.39, 0.29) is 37.3 Å². The number of benzene rings is 1. The second kappa shape index (κ2) is 11.2. The summed E-state index contributed by atoms with van der Waals surface area (Å²) in [6.07, 6.45) is -2.74. The van der Waals surface area contributed by atoms with Crippen molar-refractivity contribution in [1.29, 1.82) is 0 Å². The van der Waals surface area contributed by atoms with Gasteiger partial charge in [-0.25, -0.2) is 17.9 Å². The highest BCUT2D eigenvalue weighted by Gasteiger charge is 2.51. The predicted molar refractivity (Wildman–Crippen MR) is 123 cm³/mol. The zero-order valence-electron chi connectivity index (χ0n) is 19.6. The molecule has 11 nitrogen and oxygen atoms in total. The van der Waals surface area contributed by atoms with Crippen molar-refractivity contribution in [3.05, 3.63) is 35.8 Å². The molecule has 1 aromatic heterocycles. The van der Waals surface area contributed by atoms with E-state index in [1.165, 1.54) is 13.2 Å². The third-order valence-electron chi connectivity index (χ3n) is 6.55. The average Bonchev–Trinajstić information content (AvgIpc) is 3.36. The zero-order valence-corrected chi connectivity index (χ0v) is 20.4. The Morgan fingerprint density at radius 1 is 1.24 bits per heavy atom. The van der Waals surface area contributed by atoms with Crippen LogP contribution in [0.25, 0.3) is 11.3 Å². The van der Waals surface area contributed by atoms with Crippen molar-refractivity contribution in [3.63, 3.8) is 0 Å². The van der Waals surface area contributed by atoms with Crippen LogP contribution in [0.15, 0.2) is 18.3 Å². The first-order chi connectivity index (χ1) is 17.6. The highest BCUT2D eigenvalue weighted by atomic mass is 32.2. The average molecular weight is 549 g/mol. The van der Waals surface area contributed by atoms with Gasteiger partial charge < -0.3 is 35.2 Å². The molecule has 2 aliphatic rings. The number of hydrogen-bond donors (Lipinski definition) is 5. The maximum Gasteiger partial charge on any atom is 0.235 e. The molecule has 4 rings (SSSR count). The molecule has 0 saturated carbocycles. The molecule has 0 radical (unpaired) electrons. The number of nitrogens with one attached hydrogen (secondary N) is 1. The minimum Gasteiger partial charge on any atom is -0.394 e. The lowest BCUT2D eigenvalue weighted by molar-refractivity contribution is -0.179. The second-order valence-corrected chi connectivity index (χ2v) is 10.1. The largest absolute Gasteiger partial charge is 0.394 e. The number of amides is 1. The number of ether oxygens (including phenoxy) is 2. The van der Waals surface area contributed by atoms with Gasteiger partial charge in [0.2, 0.25) is 5.91 Å². The summed E-state index contributed by atoms with van der Waals surface area (Å²) in [7, 11) is 1.40. The zero-order chi connectivity index (χ0) is 26.9. The number of aromatic nitrogens is 3. The lowest BCUT2D eigenvalue weighted by Gasteiger charge is -2.44. The van der Waals surface area contributed by atoms with Crippen LogP contribution in [0, 0.1) is 17.5 Å². The van der Waals surface area contributed by atoms with Crippen molar-refractivity contribution >= 4 is 17.7 Å². The first-order valence-electron chi connectivity index (χ1n) is 11.5. The lowest BCUT2D eigenvalue weighted by Crippen LogP contribution is -2.58. The van der Waals surface area contributed by atoms with Gasteiger partial charge in [-0.2, -0.15) is 0 Å². The maximum absolute atomic E-state index is 13.7. The van der Waals surface area contributed by atoms with E-state index in [0.29, 0.717) is 0 Å². The molecule has 1 unspecified atom stereocenters. The molecule has 15 heteroatoms. The lowest BCUT2D eigenvalue weighted by atomic mass is 9.90. The monoisotopic (exact) mass is 548 g/mol. The summed E-state index contributed by atoms with van der Waals surface area (Å²) < 4.78 is 52.8. The number of carbonyl (C=O) groups is 1. The van der Waals surface area contributed by atoms with Crippen molar-refractivity contribution < 1.29 is 47.9 Å². The third-order valence-corrected chi connectivity index (χ3v) is 8.13. The molecule has 5 N–H and O–H groups in total. The molecule has 0 bridgehead atoms. The molecule has 1 aromatic carbocycles. The Bertz CT molecular complexity index is 1100. The second-order valence-electron chi connectivity index (χ2n) is 8.88. The van der Waals surface area contributed by atoms with Gasteiger partial charge in [0, 0.05) is 38.7 Å². The van der Waals surface area contributed by atoms with Gasteiger partial charge in [0.25, 0.3) is 0 Å². The number of carbonyl (C=O) groups excluding carboxylic acids is 1. The number of hydrogen-bond acceptors (Lipinski definition) is 10. The van der Waals surface area contributed by atoms with Crippen molar-refractivity contribution in [1.82, 2.24) is 20.3 Å². The third kappa shape index (κ3) is 5.48. The molecule has 6 atom stereocenters. The number of rotatable bonds is 7. The van der Waals surface area contributed by atoms with Crippen LogP contribution in [0.3, 0.4) is 0 Å². The minimum atomic E-state index is -1.64. The van der Waals surface area contributed by atoms with E-state index in [0.717, 1.165) is 28.6 Å². The molecule has 0 spiro atoms. The summed E-state index contributed by atoms with van der Waals surface area (Å²) in [5.74, 6) is -5.02. The summed E-state index contributed by atoms with van der Waals surface area (Å²) in [5, 5.41) is 52.0. The summed E-state index contributed by atoms with van der Waals surface area (Å²) in [6.45, 7) is -0.197. The topological polar surface area (TPSA) is 159 Å².